The van der Waals surface area contributed by atoms with Crippen LogP contribution in [0.1, 0.15) is 24.3 Å². The highest BCUT2D eigenvalue weighted by Gasteiger charge is 2.25. The van der Waals surface area contributed by atoms with Crippen molar-refractivity contribution in [2.24, 2.45) is 0 Å². The maximum absolute atomic E-state index is 13.4. The van der Waals surface area contributed by atoms with E-state index in [-0.39, 0.29) is 5.82 Å². The van der Waals surface area contributed by atoms with Gasteiger partial charge in [0, 0.05) is 20.7 Å². The standard InChI is InChI=1S/C15H24FNSi/c1-18(2,3)11-13(10-17-15-7-8-15)12-5-4-6-14(16)9-12/h4-6,9,13,15,17H,7-8,10-11H2,1-3H3. The molecule has 0 spiro atoms. The molecule has 0 aromatic heterocycles. The predicted molar refractivity (Wildman–Crippen MR) is 78.3 cm³/mol. The van der Waals surface area contributed by atoms with Crippen LogP contribution in [-0.2, 0) is 0 Å². The molecule has 0 radical (unpaired) electrons. The lowest BCUT2D eigenvalue weighted by Gasteiger charge is -2.25. The molecule has 1 N–H and O–H groups in total. The van der Waals surface area contributed by atoms with Gasteiger partial charge in [0.2, 0.25) is 0 Å². The van der Waals surface area contributed by atoms with Crippen molar-refractivity contribution in [2.75, 3.05) is 6.54 Å². The monoisotopic (exact) mass is 265 g/mol. The Morgan fingerprint density at radius 1 is 1.33 bits per heavy atom. The van der Waals surface area contributed by atoms with Crippen molar-refractivity contribution in [1.82, 2.24) is 5.32 Å². The minimum Gasteiger partial charge on any atom is -0.313 e. The van der Waals surface area contributed by atoms with Crippen LogP contribution in [0.2, 0.25) is 25.7 Å². The first kappa shape index (κ1) is 13.8. The molecule has 0 aliphatic heterocycles. The summed E-state index contributed by atoms with van der Waals surface area (Å²) in [6.07, 6.45) is 2.62. The molecule has 0 amide bonds. The van der Waals surface area contributed by atoms with Gasteiger partial charge < -0.3 is 5.32 Å². The predicted octanol–water partition coefficient (Wildman–Crippen LogP) is 4.00. The van der Waals surface area contributed by atoms with E-state index in [1.807, 2.05) is 6.07 Å². The van der Waals surface area contributed by atoms with Crippen molar-refractivity contribution in [3.8, 4) is 0 Å². The zero-order chi connectivity index (χ0) is 13.2. The Morgan fingerprint density at radius 2 is 2.06 bits per heavy atom. The molecule has 1 unspecified atom stereocenters. The number of nitrogens with one attached hydrogen (secondary N) is 1. The molecule has 2 rings (SSSR count). The number of hydrogen-bond donors (Lipinski definition) is 1. The fourth-order valence-corrected chi connectivity index (χ4v) is 4.26. The molecule has 3 heteroatoms. The van der Waals surface area contributed by atoms with Crippen LogP contribution in [0.3, 0.4) is 0 Å². The van der Waals surface area contributed by atoms with E-state index in [2.05, 4.69) is 31.0 Å². The van der Waals surface area contributed by atoms with E-state index in [1.165, 1.54) is 25.0 Å². The van der Waals surface area contributed by atoms with E-state index in [1.54, 1.807) is 6.07 Å². The second-order valence-electron chi connectivity index (χ2n) is 6.70. The molecular weight excluding hydrogens is 241 g/mol. The Bertz CT molecular complexity index is 396. The van der Waals surface area contributed by atoms with Crippen molar-refractivity contribution in [3.63, 3.8) is 0 Å². The number of rotatable bonds is 6. The second kappa shape index (κ2) is 5.53. The van der Waals surface area contributed by atoms with Gasteiger partial charge in [-0.1, -0.05) is 31.8 Å². The second-order valence-corrected chi connectivity index (χ2v) is 12.2. The number of benzene rings is 1. The molecule has 18 heavy (non-hydrogen) atoms. The summed E-state index contributed by atoms with van der Waals surface area (Å²) in [6.45, 7) is 8.15. The van der Waals surface area contributed by atoms with E-state index in [9.17, 15) is 4.39 Å². The topological polar surface area (TPSA) is 12.0 Å². The lowest BCUT2D eigenvalue weighted by molar-refractivity contribution is 0.593. The van der Waals surface area contributed by atoms with Crippen molar-refractivity contribution in [3.05, 3.63) is 35.6 Å². The van der Waals surface area contributed by atoms with Gasteiger partial charge in [0.1, 0.15) is 5.82 Å². The molecule has 0 saturated heterocycles. The van der Waals surface area contributed by atoms with Crippen molar-refractivity contribution in [2.45, 2.75) is 50.5 Å². The molecule has 1 atom stereocenters. The molecule has 1 nitrogen and oxygen atoms in total. The van der Waals surface area contributed by atoms with Crippen LogP contribution >= 0.6 is 0 Å². The lowest BCUT2D eigenvalue weighted by atomic mass is 10.0. The fraction of sp³-hybridized carbons (Fsp3) is 0.600. The Hall–Kier alpha value is -0.673. The van der Waals surface area contributed by atoms with E-state index >= 15 is 0 Å². The summed E-state index contributed by atoms with van der Waals surface area (Å²) in [7, 11) is -1.13. The summed E-state index contributed by atoms with van der Waals surface area (Å²) in [5.74, 6) is 0.354. The normalized spacial score (nSPS) is 17.8. The number of hydrogen-bond acceptors (Lipinski definition) is 1. The maximum atomic E-state index is 13.4. The molecule has 1 aliphatic carbocycles. The zero-order valence-electron chi connectivity index (χ0n) is 11.7. The highest BCUT2D eigenvalue weighted by Crippen LogP contribution is 2.28. The molecule has 1 aromatic rings. The average Bonchev–Trinajstić information content (AvgIpc) is 3.06. The third-order valence-corrected chi connectivity index (χ3v) is 5.13. The van der Waals surface area contributed by atoms with Gasteiger partial charge in [0.25, 0.3) is 0 Å². The maximum Gasteiger partial charge on any atom is 0.123 e. The van der Waals surface area contributed by atoms with Gasteiger partial charge in [0.05, 0.1) is 0 Å². The van der Waals surface area contributed by atoms with Gasteiger partial charge in [0.15, 0.2) is 0 Å². The Morgan fingerprint density at radius 3 is 2.61 bits per heavy atom. The summed E-state index contributed by atoms with van der Waals surface area (Å²) in [5.41, 5.74) is 1.16. The SMILES string of the molecule is C[Si](C)(C)CC(CNC1CC1)c1cccc(F)c1. The molecule has 1 saturated carbocycles. The molecule has 1 aromatic carbocycles. The van der Waals surface area contributed by atoms with Gasteiger partial charge in [-0.25, -0.2) is 4.39 Å². The summed E-state index contributed by atoms with van der Waals surface area (Å²) < 4.78 is 13.4. The summed E-state index contributed by atoms with van der Waals surface area (Å²) in [5, 5.41) is 3.60. The van der Waals surface area contributed by atoms with Crippen LogP contribution in [0.25, 0.3) is 0 Å². The third-order valence-electron chi connectivity index (χ3n) is 3.41. The molecule has 100 valence electrons. The molecular formula is C15H24FNSi. The zero-order valence-corrected chi connectivity index (χ0v) is 12.7. The lowest BCUT2D eigenvalue weighted by Crippen LogP contribution is -2.30. The quantitative estimate of drug-likeness (QED) is 0.767. The molecule has 1 fully saturated rings. The van der Waals surface area contributed by atoms with Gasteiger partial charge >= 0.3 is 0 Å². The Kier molecular flexibility index (Phi) is 4.23. The van der Waals surface area contributed by atoms with Crippen molar-refractivity contribution < 1.29 is 4.39 Å². The highest BCUT2D eigenvalue weighted by molar-refractivity contribution is 6.76. The third kappa shape index (κ3) is 4.54. The van der Waals surface area contributed by atoms with Gasteiger partial charge in [-0.05, 0) is 42.5 Å². The molecule has 0 bridgehead atoms. The average molecular weight is 265 g/mol. The summed E-state index contributed by atoms with van der Waals surface area (Å²) in [4.78, 5) is 0. The van der Waals surface area contributed by atoms with Crippen LogP contribution in [0, 0.1) is 5.82 Å². The van der Waals surface area contributed by atoms with E-state index < -0.39 is 8.07 Å². The number of halogens is 1. The van der Waals surface area contributed by atoms with Gasteiger partial charge in [-0.2, -0.15) is 0 Å². The van der Waals surface area contributed by atoms with Crippen LogP contribution in [0.5, 0.6) is 0 Å². The van der Waals surface area contributed by atoms with Crippen LogP contribution in [0.4, 0.5) is 4.39 Å². The molecule has 1 aliphatic rings. The summed E-state index contributed by atoms with van der Waals surface area (Å²) in [6, 6.07) is 9.09. The smallest absolute Gasteiger partial charge is 0.123 e. The largest absolute Gasteiger partial charge is 0.313 e. The van der Waals surface area contributed by atoms with Crippen molar-refractivity contribution in [1.29, 1.82) is 0 Å². The first-order valence-corrected chi connectivity index (χ1v) is 10.6. The van der Waals surface area contributed by atoms with Crippen LogP contribution < -0.4 is 5.32 Å². The van der Waals surface area contributed by atoms with Gasteiger partial charge in [-0.15, -0.1) is 0 Å². The van der Waals surface area contributed by atoms with E-state index in [4.69, 9.17) is 0 Å². The first-order valence-electron chi connectivity index (χ1n) is 6.93. The van der Waals surface area contributed by atoms with Crippen LogP contribution in [0.15, 0.2) is 24.3 Å². The molecule has 0 heterocycles. The summed E-state index contributed by atoms with van der Waals surface area (Å²) >= 11 is 0. The minimum absolute atomic E-state index is 0.112. The van der Waals surface area contributed by atoms with E-state index in [0.29, 0.717) is 5.92 Å². The fourth-order valence-electron chi connectivity index (χ4n) is 2.40. The van der Waals surface area contributed by atoms with Crippen LogP contribution in [-0.4, -0.2) is 20.7 Å². The Labute approximate surface area is 111 Å². The minimum atomic E-state index is -1.13. The first-order chi connectivity index (χ1) is 8.44. The van der Waals surface area contributed by atoms with E-state index in [0.717, 1.165) is 18.2 Å². The highest BCUT2D eigenvalue weighted by atomic mass is 28.3. The Balaban J connectivity index is 2.06. The van der Waals surface area contributed by atoms with Crippen molar-refractivity contribution >= 4 is 8.07 Å². The van der Waals surface area contributed by atoms with Gasteiger partial charge in [-0.3, -0.25) is 0 Å².